The molecule has 35 heavy (non-hydrogen) atoms. The molecule has 0 aliphatic carbocycles. The van der Waals surface area contributed by atoms with Crippen molar-refractivity contribution in [1.82, 2.24) is 4.98 Å². The Labute approximate surface area is 215 Å². The first-order chi connectivity index (χ1) is 17.0. The molecule has 1 N–H and O–H groups in total. The number of aromatic nitrogens is 1. The molecular weight excluding hydrogens is 532 g/mol. The van der Waals surface area contributed by atoms with Gasteiger partial charge in [0, 0.05) is 22.1 Å². The van der Waals surface area contributed by atoms with E-state index in [1.165, 1.54) is 11.3 Å². The Morgan fingerprint density at radius 3 is 2.46 bits per heavy atom. The predicted molar refractivity (Wildman–Crippen MR) is 140 cm³/mol. The minimum Gasteiger partial charge on any atom is -0.497 e. The van der Waals surface area contributed by atoms with E-state index in [9.17, 15) is 4.79 Å². The molecule has 180 valence electrons. The van der Waals surface area contributed by atoms with E-state index < -0.39 is 0 Å². The summed E-state index contributed by atoms with van der Waals surface area (Å²) in [6, 6.07) is 18.3. The van der Waals surface area contributed by atoms with Gasteiger partial charge >= 0.3 is 0 Å². The molecule has 1 heterocycles. The van der Waals surface area contributed by atoms with Gasteiger partial charge in [0.1, 0.15) is 29.6 Å². The number of para-hydroxylation sites is 1. The van der Waals surface area contributed by atoms with Crippen LogP contribution in [-0.2, 0) is 6.61 Å². The number of benzene rings is 3. The Morgan fingerprint density at radius 1 is 0.943 bits per heavy atom. The molecule has 0 bridgehead atoms. The number of rotatable bonds is 9. The van der Waals surface area contributed by atoms with E-state index in [1.807, 2.05) is 47.8 Å². The lowest BCUT2D eigenvalue weighted by atomic mass is 10.1. The number of anilines is 1. The van der Waals surface area contributed by atoms with E-state index >= 15 is 0 Å². The SMILES string of the molecule is COc1ccc(OC)c(-c2csc(NC(=O)c3ccc(OC)c(COc4ccccc4Br)c3)n2)c1. The van der Waals surface area contributed by atoms with E-state index in [2.05, 4.69) is 26.2 Å². The van der Waals surface area contributed by atoms with Crippen LogP contribution in [0.3, 0.4) is 0 Å². The average Bonchev–Trinajstić information content (AvgIpc) is 3.35. The van der Waals surface area contributed by atoms with Crippen LogP contribution >= 0.6 is 27.3 Å². The second-order valence-electron chi connectivity index (χ2n) is 7.30. The van der Waals surface area contributed by atoms with Gasteiger partial charge in [-0.1, -0.05) is 12.1 Å². The van der Waals surface area contributed by atoms with Crippen molar-refractivity contribution in [1.29, 1.82) is 0 Å². The monoisotopic (exact) mass is 554 g/mol. The molecule has 4 aromatic rings. The van der Waals surface area contributed by atoms with E-state index in [0.717, 1.165) is 15.6 Å². The molecule has 0 spiro atoms. The summed E-state index contributed by atoms with van der Waals surface area (Å²) in [5, 5.41) is 5.20. The number of carbonyl (C=O) groups is 1. The predicted octanol–water partition coefficient (Wildman–Crippen LogP) is 6.43. The van der Waals surface area contributed by atoms with Crippen LogP contribution in [0.4, 0.5) is 5.13 Å². The van der Waals surface area contributed by atoms with Gasteiger partial charge in [0.25, 0.3) is 5.91 Å². The van der Waals surface area contributed by atoms with Crippen LogP contribution < -0.4 is 24.3 Å². The fraction of sp³-hybridized carbons (Fsp3) is 0.154. The molecule has 0 atom stereocenters. The number of nitrogens with one attached hydrogen (secondary N) is 1. The third kappa shape index (κ3) is 5.75. The normalized spacial score (nSPS) is 10.5. The standard InChI is InChI=1S/C26H23BrN2O5S/c1-31-18-9-11-23(33-3)19(13-18)21-15-35-26(28-21)29-25(30)16-8-10-22(32-2)17(12-16)14-34-24-7-5-4-6-20(24)27/h4-13,15H,14H2,1-3H3,(H,28,29,30). The van der Waals surface area contributed by atoms with Crippen molar-refractivity contribution in [3.8, 4) is 34.3 Å². The van der Waals surface area contributed by atoms with Crippen molar-refractivity contribution < 1.29 is 23.7 Å². The Bertz CT molecular complexity index is 1340. The molecule has 7 nitrogen and oxygen atoms in total. The number of carbonyl (C=O) groups excluding carboxylic acids is 1. The number of amides is 1. The second-order valence-corrected chi connectivity index (χ2v) is 9.02. The smallest absolute Gasteiger partial charge is 0.257 e. The maximum absolute atomic E-state index is 13.0. The van der Waals surface area contributed by atoms with Crippen LogP contribution in [0.15, 0.2) is 70.5 Å². The molecule has 9 heteroatoms. The molecule has 4 rings (SSSR count). The van der Waals surface area contributed by atoms with E-state index in [-0.39, 0.29) is 12.5 Å². The van der Waals surface area contributed by atoms with E-state index in [1.54, 1.807) is 39.5 Å². The fourth-order valence-corrected chi connectivity index (χ4v) is 4.49. The van der Waals surface area contributed by atoms with Crippen LogP contribution in [-0.4, -0.2) is 32.2 Å². The number of hydrogen-bond donors (Lipinski definition) is 1. The van der Waals surface area contributed by atoms with Crippen LogP contribution in [0.1, 0.15) is 15.9 Å². The maximum Gasteiger partial charge on any atom is 0.257 e. The molecule has 0 unspecified atom stereocenters. The van der Waals surface area contributed by atoms with Gasteiger partial charge in [0.05, 0.1) is 31.5 Å². The zero-order valence-electron chi connectivity index (χ0n) is 19.3. The minimum absolute atomic E-state index is 0.240. The van der Waals surface area contributed by atoms with Gasteiger partial charge in [-0.25, -0.2) is 4.98 Å². The highest BCUT2D eigenvalue weighted by Gasteiger charge is 2.16. The third-order valence-electron chi connectivity index (χ3n) is 5.17. The number of ether oxygens (including phenoxy) is 4. The summed E-state index contributed by atoms with van der Waals surface area (Å²) >= 11 is 4.80. The van der Waals surface area contributed by atoms with Crippen molar-refractivity contribution in [2.75, 3.05) is 26.6 Å². The van der Waals surface area contributed by atoms with Crippen LogP contribution in [0.5, 0.6) is 23.0 Å². The Balaban J connectivity index is 1.51. The minimum atomic E-state index is -0.284. The molecule has 0 saturated heterocycles. The summed E-state index contributed by atoms with van der Waals surface area (Å²) in [7, 11) is 4.79. The quantitative estimate of drug-likeness (QED) is 0.257. The van der Waals surface area contributed by atoms with Gasteiger partial charge in [0.2, 0.25) is 0 Å². The number of nitrogens with zero attached hydrogens (tertiary/aromatic N) is 1. The number of halogens is 1. The van der Waals surface area contributed by atoms with Gasteiger partial charge < -0.3 is 18.9 Å². The van der Waals surface area contributed by atoms with Crippen molar-refractivity contribution >= 4 is 38.3 Å². The van der Waals surface area contributed by atoms with Crippen molar-refractivity contribution in [3.05, 3.63) is 81.6 Å². The zero-order valence-corrected chi connectivity index (χ0v) is 21.7. The zero-order chi connectivity index (χ0) is 24.8. The van der Waals surface area contributed by atoms with E-state index in [4.69, 9.17) is 18.9 Å². The Hall–Kier alpha value is -3.56. The highest BCUT2D eigenvalue weighted by atomic mass is 79.9. The summed E-state index contributed by atoms with van der Waals surface area (Å²) in [6.07, 6.45) is 0. The first kappa shape index (κ1) is 24.6. The molecule has 0 saturated carbocycles. The number of methoxy groups -OCH3 is 3. The van der Waals surface area contributed by atoms with E-state index in [0.29, 0.717) is 39.4 Å². The molecular formula is C26H23BrN2O5S. The van der Waals surface area contributed by atoms with Crippen LogP contribution in [0, 0.1) is 0 Å². The van der Waals surface area contributed by atoms with Gasteiger partial charge in [-0.3, -0.25) is 10.1 Å². The molecule has 0 fully saturated rings. The molecule has 0 aliphatic heterocycles. The average molecular weight is 555 g/mol. The number of thiazole rings is 1. The summed E-state index contributed by atoms with van der Waals surface area (Å²) in [5.74, 6) is 2.41. The molecule has 1 amide bonds. The van der Waals surface area contributed by atoms with Gasteiger partial charge in [-0.2, -0.15) is 0 Å². The van der Waals surface area contributed by atoms with Gasteiger partial charge in [0.15, 0.2) is 5.13 Å². The summed E-state index contributed by atoms with van der Waals surface area (Å²) in [6.45, 7) is 0.240. The molecule has 0 radical (unpaired) electrons. The fourth-order valence-electron chi connectivity index (χ4n) is 3.39. The van der Waals surface area contributed by atoms with Crippen molar-refractivity contribution in [2.24, 2.45) is 0 Å². The molecule has 3 aromatic carbocycles. The second kappa shape index (κ2) is 11.2. The van der Waals surface area contributed by atoms with Gasteiger partial charge in [-0.15, -0.1) is 11.3 Å². The number of hydrogen-bond acceptors (Lipinski definition) is 7. The highest BCUT2D eigenvalue weighted by molar-refractivity contribution is 9.10. The van der Waals surface area contributed by atoms with Crippen molar-refractivity contribution in [3.63, 3.8) is 0 Å². The topological polar surface area (TPSA) is 78.9 Å². The molecule has 1 aromatic heterocycles. The summed E-state index contributed by atoms with van der Waals surface area (Å²) < 4.78 is 23.0. The summed E-state index contributed by atoms with van der Waals surface area (Å²) in [4.78, 5) is 17.6. The molecule has 0 aliphatic rings. The lowest BCUT2D eigenvalue weighted by Crippen LogP contribution is -2.12. The first-order valence-electron chi connectivity index (χ1n) is 10.6. The van der Waals surface area contributed by atoms with Gasteiger partial charge in [-0.05, 0) is 64.5 Å². The third-order valence-corrected chi connectivity index (χ3v) is 6.58. The highest BCUT2D eigenvalue weighted by Crippen LogP contribution is 2.35. The van der Waals surface area contributed by atoms with Crippen LogP contribution in [0.2, 0.25) is 0 Å². The first-order valence-corrected chi connectivity index (χ1v) is 12.2. The van der Waals surface area contributed by atoms with Crippen molar-refractivity contribution in [2.45, 2.75) is 6.61 Å². The lowest BCUT2D eigenvalue weighted by Gasteiger charge is -2.13. The largest absolute Gasteiger partial charge is 0.497 e. The van der Waals surface area contributed by atoms with Crippen LogP contribution in [0.25, 0.3) is 11.3 Å². The Kier molecular flexibility index (Phi) is 7.89. The lowest BCUT2D eigenvalue weighted by molar-refractivity contribution is 0.102. The summed E-state index contributed by atoms with van der Waals surface area (Å²) in [5.41, 5.74) is 2.67. The Morgan fingerprint density at radius 2 is 1.71 bits per heavy atom. The maximum atomic E-state index is 13.0.